The second kappa shape index (κ2) is 14.0. The summed E-state index contributed by atoms with van der Waals surface area (Å²) in [5, 5.41) is 13.7. The second-order valence-corrected chi connectivity index (χ2v) is 11.6. The molecule has 0 aliphatic heterocycles. The number of carbonyl (C=O) groups excluding carboxylic acids is 1. The molecule has 1 fully saturated rings. The Balaban J connectivity index is 1.60. The van der Waals surface area contributed by atoms with Crippen LogP contribution in [0.3, 0.4) is 0 Å². The number of nitrogens with two attached hydrogens (primary N) is 1. The fourth-order valence-corrected chi connectivity index (χ4v) is 5.84. The first-order valence-corrected chi connectivity index (χ1v) is 14.0. The molecule has 1 amide bonds. The number of aliphatic hydroxyl groups is 1. The molecule has 0 spiro atoms. The summed E-state index contributed by atoms with van der Waals surface area (Å²) in [7, 11) is -1.37. The molecular formula is C25H39N4O6P. The molecule has 11 heteroatoms. The van der Waals surface area contributed by atoms with Crippen molar-refractivity contribution in [3.8, 4) is 0 Å². The molecule has 2 aromatic rings. The Morgan fingerprint density at radius 1 is 1.22 bits per heavy atom. The van der Waals surface area contributed by atoms with Crippen LogP contribution in [0, 0.1) is 5.92 Å². The predicted molar refractivity (Wildman–Crippen MR) is 136 cm³/mol. The van der Waals surface area contributed by atoms with Crippen LogP contribution >= 0.6 is 7.60 Å². The highest BCUT2D eigenvalue weighted by atomic mass is 31.2. The van der Waals surface area contributed by atoms with E-state index in [0.29, 0.717) is 18.9 Å². The van der Waals surface area contributed by atoms with E-state index in [-0.39, 0.29) is 13.2 Å². The Morgan fingerprint density at radius 2 is 1.92 bits per heavy atom. The van der Waals surface area contributed by atoms with Gasteiger partial charge in [-0.1, -0.05) is 62.4 Å². The maximum absolute atomic E-state index is 13.1. The van der Waals surface area contributed by atoms with E-state index in [9.17, 15) is 14.5 Å². The number of ether oxygens (including phenoxy) is 1. The van der Waals surface area contributed by atoms with Crippen LogP contribution in [0.2, 0.25) is 0 Å². The molecule has 0 radical (unpaired) electrons. The number of imidazole rings is 1. The summed E-state index contributed by atoms with van der Waals surface area (Å²) in [6.07, 6.45) is 9.35. The number of rotatable bonds is 14. The maximum Gasteiger partial charge on any atom is 0.360 e. The average Bonchev–Trinajstić information content (AvgIpc) is 3.35. The Morgan fingerprint density at radius 3 is 2.58 bits per heavy atom. The van der Waals surface area contributed by atoms with Gasteiger partial charge in [-0.3, -0.25) is 9.36 Å². The third kappa shape index (κ3) is 7.96. The van der Waals surface area contributed by atoms with E-state index in [0.717, 1.165) is 36.9 Å². The number of carbonyl (C=O) groups is 1. The summed E-state index contributed by atoms with van der Waals surface area (Å²) in [4.78, 5) is 17.2. The summed E-state index contributed by atoms with van der Waals surface area (Å²) in [6.45, 7) is 0.719. The van der Waals surface area contributed by atoms with Crippen molar-refractivity contribution in [1.82, 2.24) is 14.9 Å². The first-order chi connectivity index (χ1) is 17.4. The molecule has 1 aliphatic rings. The van der Waals surface area contributed by atoms with E-state index >= 15 is 0 Å². The van der Waals surface area contributed by atoms with Gasteiger partial charge >= 0.3 is 7.60 Å². The summed E-state index contributed by atoms with van der Waals surface area (Å²) >= 11 is 0. The van der Waals surface area contributed by atoms with Gasteiger partial charge in [-0.05, 0) is 17.9 Å². The lowest BCUT2D eigenvalue weighted by Gasteiger charge is -2.32. The van der Waals surface area contributed by atoms with Gasteiger partial charge in [0.1, 0.15) is 6.73 Å². The standard InChI is InChI=1S/C25H39N4O6P/c1-33-36(32,34-2)25(31)23(13-19-9-5-3-6-10-19)28-24(30)22(26)14-21-15-27-17-29(21)18-35-16-20-11-7-4-8-12-20/h4,7-8,11-12,15,17,19,22-23,25,31H,3,5-6,9-10,13-14,16,18,26H2,1-2H3,(H,28,30)/t22-,23-,25?/m0/s1. The fourth-order valence-electron chi connectivity index (χ4n) is 4.63. The smallest absolute Gasteiger partial charge is 0.360 e. The second-order valence-electron chi connectivity index (χ2n) is 9.30. The van der Waals surface area contributed by atoms with Crippen LogP contribution in [-0.4, -0.2) is 52.7 Å². The number of hydrogen-bond donors (Lipinski definition) is 3. The zero-order chi connectivity index (χ0) is 26.0. The minimum atomic E-state index is -3.82. The monoisotopic (exact) mass is 522 g/mol. The molecule has 36 heavy (non-hydrogen) atoms. The van der Waals surface area contributed by atoms with Gasteiger partial charge < -0.3 is 34.5 Å². The predicted octanol–water partition coefficient (Wildman–Crippen LogP) is 3.19. The van der Waals surface area contributed by atoms with Crippen molar-refractivity contribution in [3.63, 3.8) is 0 Å². The molecule has 0 saturated heterocycles. The van der Waals surface area contributed by atoms with Gasteiger partial charge in [-0.15, -0.1) is 0 Å². The SMILES string of the molecule is COP(=O)(OC)C(O)[C@H](CC1CCCCC1)NC(=O)[C@@H](N)Cc1cncn1COCc1ccccc1. The molecule has 10 nitrogen and oxygen atoms in total. The van der Waals surface area contributed by atoms with Crippen LogP contribution in [0.4, 0.5) is 0 Å². The zero-order valence-corrected chi connectivity index (χ0v) is 22.0. The number of aliphatic hydroxyl groups excluding tert-OH is 1. The summed E-state index contributed by atoms with van der Waals surface area (Å²) in [6, 6.07) is 8.12. The Bertz CT molecular complexity index is 974. The third-order valence-electron chi connectivity index (χ3n) is 6.74. The molecule has 1 aliphatic carbocycles. The van der Waals surface area contributed by atoms with Gasteiger partial charge in [0, 0.05) is 32.5 Å². The van der Waals surface area contributed by atoms with Crippen molar-refractivity contribution in [3.05, 3.63) is 54.1 Å². The highest BCUT2D eigenvalue weighted by molar-refractivity contribution is 7.54. The van der Waals surface area contributed by atoms with E-state index in [1.165, 1.54) is 20.6 Å². The minimum Gasteiger partial charge on any atom is -0.379 e. The Labute approximate surface area is 213 Å². The van der Waals surface area contributed by atoms with Crippen LogP contribution in [0.5, 0.6) is 0 Å². The average molecular weight is 523 g/mol. The van der Waals surface area contributed by atoms with Crippen LogP contribution < -0.4 is 11.1 Å². The number of aromatic nitrogens is 2. The molecule has 1 aromatic heterocycles. The largest absolute Gasteiger partial charge is 0.379 e. The minimum absolute atomic E-state index is 0.221. The number of nitrogens with zero attached hydrogens (tertiary/aromatic N) is 2. The van der Waals surface area contributed by atoms with Gasteiger partial charge in [-0.25, -0.2) is 4.98 Å². The van der Waals surface area contributed by atoms with Gasteiger partial charge in [0.25, 0.3) is 0 Å². The molecular weight excluding hydrogens is 483 g/mol. The molecule has 200 valence electrons. The molecule has 3 rings (SSSR count). The topological polar surface area (TPSA) is 138 Å². The number of nitrogens with one attached hydrogen (secondary N) is 1. The zero-order valence-electron chi connectivity index (χ0n) is 21.1. The van der Waals surface area contributed by atoms with Gasteiger partial charge in [0.05, 0.1) is 25.0 Å². The van der Waals surface area contributed by atoms with E-state index in [2.05, 4.69) is 10.3 Å². The molecule has 4 N–H and O–H groups in total. The summed E-state index contributed by atoms with van der Waals surface area (Å²) < 4.78 is 30.5. The third-order valence-corrected chi connectivity index (χ3v) is 8.76. The van der Waals surface area contributed by atoms with E-state index in [4.69, 9.17) is 19.5 Å². The first kappa shape index (κ1) is 28.5. The van der Waals surface area contributed by atoms with E-state index in [1.807, 2.05) is 30.3 Å². The molecule has 1 heterocycles. The van der Waals surface area contributed by atoms with E-state index < -0.39 is 31.4 Å². The van der Waals surface area contributed by atoms with Gasteiger partial charge in [0.2, 0.25) is 5.91 Å². The molecule has 1 saturated carbocycles. The molecule has 0 bridgehead atoms. The molecule has 1 unspecified atom stereocenters. The first-order valence-electron chi connectivity index (χ1n) is 12.4. The van der Waals surface area contributed by atoms with Crippen molar-refractivity contribution in [2.24, 2.45) is 11.7 Å². The maximum atomic E-state index is 13.1. The van der Waals surface area contributed by atoms with E-state index in [1.54, 1.807) is 17.1 Å². The fraction of sp³-hybridized carbons (Fsp3) is 0.600. The quantitative estimate of drug-likeness (QED) is 0.322. The van der Waals surface area contributed by atoms with Gasteiger partial charge in [0.15, 0.2) is 5.85 Å². The van der Waals surface area contributed by atoms with Crippen molar-refractivity contribution >= 4 is 13.5 Å². The normalized spacial score (nSPS) is 17.4. The highest BCUT2D eigenvalue weighted by Crippen LogP contribution is 2.52. The molecule has 3 atom stereocenters. The van der Waals surface area contributed by atoms with Gasteiger partial charge in [-0.2, -0.15) is 0 Å². The van der Waals surface area contributed by atoms with Crippen LogP contribution in [0.15, 0.2) is 42.9 Å². The number of amides is 1. The van der Waals surface area contributed by atoms with Crippen LogP contribution in [0.1, 0.15) is 49.8 Å². The lowest BCUT2D eigenvalue weighted by Crippen LogP contribution is -2.51. The van der Waals surface area contributed by atoms with Crippen LogP contribution in [0.25, 0.3) is 0 Å². The number of hydrogen-bond acceptors (Lipinski definition) is 8. The summed E-state index contributed by atoms with van der Waals surface area (Å²) in [5.74, 6) is -1.64. The Kier molecular flexibility index (Phi) is 11.1. The molecule has 1 aromatic carbocycles. The lowest BCUT2D eigenvalue weighted by molar-refractivity contribution is -0.123. The van der Waals surface area contributed by atoms with Crippen molar-refractivity contribution in [2.75, 3.05) is 14.2 Å². The Hall–Kier alpha value is -2.07. The number of benzene rings is 1. The summed E-state index contributed by atoms with van der Waals surface area (Å²) in [5.41, 5.74) is 8.05. The van der Waals surface area contributed by atoms with Crippen molar-refractivity contribution in [1.29, 1.82) is 0 Å². The van der Waals surface area contributed by atoms with Crippen molar-refractivity contribution < 1.29 is 28.3 Å². The van der Waals surface area contributed by atoms with Crippen molar-refractivity contribution in [2.45, 2.75) is 76.2 Å². The van der Waals surface area contributed by atoms with Crippen LogP contribution in [-0.2, 0) is 42.9 Å². The lowest BCUT2D eigenvalue weighted by atomic mass is 9.85. The highest BCUT2D eigenvalue weighted by Gasteiger charge is 2.41.